The third kappa shape index (κ3) is 2.67. The predicted molar refractivity (Wildman–Crippen MR) is 94.5 cm³/mol. The Morgan fingerprint density at radius 3 is 2.36 bits per heavy atom. The normalized spacial score (nSPS) is 22.6. The van der Waals surface area contributed by atoms with Gasteiger partial charge in [0.05, 0.1) is 0 Å². The number of aromatic nitrogens is 4. The molecule has 0 bridgehead atoms. The minimum atomic E-state index is 0.0544. The lowest BCUT2D eigenvalue weighted by molar-refractivity contribution is 0.0776. The molecule has 2 aromatic heterocycles. The van der Waals surface area contributed by atoms with Crippen LogP contribution in [0.4, 0.5) is 5.82 Å². The highest BCUT2D eigenvalue weighted by atomic mass is 16.2. The summed E-state index contributed by atoms with van der Waals surface area (Å²) in [6.07, 6.45) is 1.64. The Morgan fingerprint density at radius 1 is 1.08 bits per heavy atom. The lowest BCUT2D eigenvalue weighted by atomic mass is 10.0. The van der Waals surface area contributed by atoms with Crippen LogP contribution in [0.1, 0.15) is 27.4 Å². The molecule has 132 valence electrons. The molecular formula is C18H24N6O. The summed E-state index contributed by atoms with van der Waals surface area (Å²) in [5.41, 5.74) is 3.74. The second-order valence-corrected chi connectivity index (χ2v) is 7.34. The van der Waals surface area contributed by atoms with Crippen LogP contribution in [-0.4, -0.2) is 56.7 Å². The molecule has 0 saturated carbocycles. The van der Waals surface area contributed by atoms with Crippen LogP contribution in [0.5, 0.6) is 0 Å². The Morgan fingerprint density at radius 2 is 1.76 bits per heavy atom. The van der Waals surface area contributed by atoms with E-state index in [9.17, 15) is 4.79 Å². The topological polar surface area (TPSA) is 67.2 Å². The molecule has 1 amide bonds. The fraction of sp³-hybridized carbons (Fsp3) is 0.556. The van der Waals surface area contributed by atoms with Crippen LogP contribution in [0.2, 0.25) is 0 Å². The van der Waals surface area contributed by atoms with E-state index < -0.39 is 0 Å². The van der Waals surface area contributed by atoms with Crippen molar-refractivity contribution in [2.24, 2.45) is 18.9 Å². The second-order valence-electron chi connectivity index (χ2n) is 7.34. The maximum Gasteiger partial charge on any atom is 0.274 e. The van der Waals surface area contributed by atoms with Gasteiger partial charge in [-0.2, -0.15) is 5.10 Å². The van der Waals surface area contributed by atoms with Gasteiger partial charge in [-0.15, -0.1) is 0 Å². The van der Waals surface area contributed by atoms with E-state index in [2.05, 4.69) is 26.9 Å². The van der Waals surface area contributed by atoms with Gasteiger partial charge in [-0.3, -0.25) is 9.48 Å². The molecule has 0 radical (unpaired) electrons. The highest BCUT2D eigenvalue weighted by molar-refractivity contribution is 5.92. The molecule has 2 fully saturated rings. The van der Waals surface area contributed by atoms with E-state index in [-0.39, 0.29) is 5.91 Å². The van der Waals surface area contributed by atoms with Gasteiger partial charge in [0.15, 0.2) is 5.69 Å². The van der Waals surface area contributed by atoms with Gasteiger partial charge >= 0.3 is 0 Å². The van der Waals surface area contributed by atoms with Crippen molar-refractivity contribution in [2.45, 2.75) is 20.8 Å². The average molecular weight is 340 g/mol. The first-order valence-corrected chi connectivity index (χ1v) is 8.77. The zero-order valence-corrected chi connectivity index (χ0v) is 15.2. The number of aryl methyl sites for hydroxylation is 3. The molecule has 2 aromatic rings. The third-order valence-corrected chi connectivity index (χ3v) is 5.72. The van der Waals surface area contributed by atoms with Gasteiger partial charge in [0.1, 0.15) is 12.1 Å². The Balaban J connectivity index is 1.45. The fourth-order valence-electron chi connectivity index (χ4n) is 4.00. The van der Waals surface area contributed by atoms with Crippen LogP contribution in [0.25, 0.3) is 0 Å². The van der Waals surface area contributed by atoms with Gasteiger partial charge in [-0.05, 0) is 26.8 Å². The zero-order chi connectivity index (χ0) is 17.7. The lowest BCUT2D eigenvalue weighted by Crippen LogP contribution is -2.34. The summed E-state index contributed by atoms with van der Waals surface area (Å²) in [4.78, 5) is 25.8. The Hall–Kier alpha value is -2.44. The number of rotatable bonds is 2. The minimum Gasteiger partial charge on any atom is -0.356 e. The predicted octanol–water partition coefficient (Wildman–Crippen LogP) is 1.34. The van der Waals surface area contributed by atoms with Crippen LogP contribution in [0, 0.1) is 32.6 Å². The van der Waals surface area contributed by atoms with Crippen LogP contribution < -0.4 is 4.90 Å². The van der Waals surface area contributed by atoms with Crippen molar-refractivity contribution in [3.05, 3.63) is 35.0 Å². The number of hydrogen-bond acceptors (Lipinski definition) is 5. The van der Waals surface area contributed by atoms with E-state index in [1.165, 1.54) is 0 Å². The first-order chi connectivity index (χ1) is 11.9. The largest absolute Gasteiger partial charge is 0.356 e. The molecular weight excluding hydrogens is 316 g/mol. The molecule has 4 rings (SSSR count). The number of carbonyl (C=O) groups excluding carboxylic acids is 1. The number of nitrogens with zero attached hydrogens (tertiary/aromatic N) is 6. The summed E-state index contributed by atoms with van der Waals surface area (Å²) in [6, 6.07) is 1.87. The molecule has 0 N–H and O–H groups in total. The van der Waals surface area contributed by atoms with Gasteiger partial charge in [-0.1, -0.05) is 0 Å². The average Bonchev–Trinajstić information content (AvgIpc) is 3.23. The van der Waals surface area contributed by atoms with Crippen molar-refractivity contribution in [3.8, 4) is 0 Å². The molecule has 25 heavy (non-hydrogen) atoms. The van der Waals surface area contributed by atoms with Crippen molar-refractivity contribution in [1.82, 2.24) is 24.6 Å². The molecule has 2 aliphatic rings. The summed E-state index contributed by atoms with van der Waals surface area (Å²) in [5.74, 6) is 2.10. The third-order valence-electron chi connectivity index (χ3n) is 5.72. The highest BCUT2D eigenvalue weighted by Crippen LogP contribution is 2.35. The van der Waals surface area contributed by atoms with Crippen molar-refractivity contribution < 1.29 is 4.79 Å². The molecule has 0 aliphatic carbocycles. The Bertz CT molecular complexity index is 795. The summed E-state index contributed by atoms with van der Waals surface area (Å²) >= 11 is 0. The number of likely N-dealkylation sites (tertiary alicyclic amines) is 1. The van der Waals surface area contributed by atoms with Crippen molar-refractivity contribution >= 4 is 11.7 Å². The van der Waals surface area contributed by atoms with Gasteiger partial charge in [0.2, 0.25) is 0 Å². The van der Waals surface area contributed by atoms with Gasteiger partial charge in [0.25, 0.3) is 5.91 Å². The summed E-state index contributed by atoms with van der Waals surface area (Å²) in [6.45, 7) is 9.58. The molecule has 0 spiro atoms. The molecule has 7 nitrogen and oxygen atoms in total. The monoisotopic (exact) mass is 340 g/mol. The zero-order valence-electron chi connectivity index (χ0n) is 15.2. The summed E-state index contributed by atoms with van der Waals surface area (Å²) in [7, 11) is 1.87. The molecule has 2 saturated heterocycles. The van der Waals surface area contributed by atoms with Gasteiger partial charge in [0, 0.05) is 62.0 Å². The van der Waals surface area contributed by atoms with Crippen LogP contribution in [0.3, 0.4) is 0 Å². The molecule has 7 heteroatoms. The number of anilines is 1. The quantitative estimate of drug-likeness (QED) is 0.825. The van der Waals surface area contributed by atoms with Crippen LogP contribution in [0.15, 0.2) is 12.4 Å². The number of fused-ring (bicyclic) bond motifs is 1. The minimum absolute atomic E-state index is 0.0544. The Kier molecular flexibility index (Phi) is 3.74. The Labute approximate surface area is 147 Å². The highest BCUT2D eigenvalue weighted by Gasteiger charge is 2.42. The maximum atomic E-state index is 12.7. The lowest BCUT2D eigenvalue weighted by Gasteiger charge is -2.23. The van der Waals surface area contributed by atoms with Gasteiger partial charge in [-0.25, -0.2) is 9.97 Å². The first kappa shape index (κ1) is 16.1. The van der Waals surface area contributed by atoms with E-state index in [4.69, 9.17) is 0 Å². The van der Waals surface area contributed by atoms with E-state index in [1.54, 1.807) is 11.0 Å². The molecule has 2 aliphatic heterocycles. The standard InChI is InChI=1S/C18H24N6O/c1-11-5-16(21-22(11)4)18(25)24-8-14-6-23(7-15(14)9-24)17-12(2)13(3)19-10-20-17/h5,10,14-15H,6-9H2,1-4H3. The van der Waals surface area contributed by atoms with Crippen molar-refractivity contribution in [2.75, 3.05) is 31.1 Å². The van der Waals surface area contributed by atoms with E-state index in [1.807, 2.05) is 31.9 Å². The number of carbonyl (C=O) groups is 1. The SMILES string of the molecule is Cc1ncnc(N2CC3CN(C(=O)c4cc(C)n(C)n4)CC3C2)c1C. The summed E-state index contributed by atoms with van der Waals surface area (Å²) < 4.78 is 1.76. The van der Waals surface area contributed by atoms with Gasteiger partial charge < -0.3 is 9.80 Å². The van der Waals surface area contributed by atoms with Crippen LogP contribution >= 0.6 is 0 Å². The number of amides is 1. The second kappa shape index (κ2) is 5.82. The molecule has 2 atom stereocenters. The van der Waals surface area contributed by atoms with E-state index in [0.717, 1.165) is 48.9 Å². The smallest absolute Gasteiger partial charge is 0.274 e. The number of hydrogen-bond donors (Lipinski definition) is 0. The van der Waals surface area contributed by atoms with E-state index >= 15 is 0 Å². The summed E-state index contributed by atoms with van der Waals surface area (Å²) in [5, 5.41) is 4.33. The molecule has 4 heterocycles. The maximum absolute atomic E-state index is 12.7. The van der Waals surface area contributed by atoms with Crippen LogP contribution in [-0.2, 0) is 7.05 Å². The van der Waals surface area contributed by atoms with Crippen molar-refractivity contribution in [1.29, 1.82) is 0 Å². The first-order valence-electron chi connectivity index (χ1n) is 8.77. The molecule has 0 aromatic carbocycles. The van der Waals surface area contributed by atoms with E-state index in [0.29, 0.717) is 17.5 Å². The molecule has 2 unspecified atom stereocenters. The van der Waals surface area contributed by atoms with Crippen molar-refractivity contribution in [3.63, 3.8) is 0 Å². The fourth-order valence-corrected chi connectivity index (χ4v) is 4.00.